The van der Waals surface area contributed by atoms with Crippen molar-refractivity contribution in [1.82, 2.24) is 0 Å². The molecule has 3 aromatic rings. The summed E-state index contributed by atoms with van der Waals surface area (Å²) in [5, 5.41) is -1.99. The quantitative estimate of drug-likeness (QED) is 0.660. The van der Waals surface area contributed by atoms with Gasteiger partial charge in [0.25, 0.3) is 0 Å². The Bertz CT molecular complexity index is 1070. The molecule has 3 aromatic carbocycles. The van der Waals surface area contributed by atoms with E-state index in [1.54, 1.807) is 60.7 Å². The van der Waals surface area contributed by atoms with Gasteiger partial charge >= 0.3 is 0 Å². The van der Waals surface area contributed by atoms with Gasteiger partial charge in [-0.25, -0.2) is 16.8 Å². The van der Waals surface area contributed by atoms with Crippen LogP contribution in [0.2, 0.25) is 0 Å². The lowest BCUT2D eigenvalue weighted by Gasteiger charge is -2.05. The Labute approximate surface area is 159 Å². The van der Waals surface area contributed by atoms with Crippen LogP contribution in [0.4, 0.5) is 0 Å². The van der Waals surface area contributed by atoms with Crippen molar-refractivity contribution < 1.29 is 16.8 Å². The van der Waals surface area contributed by atoms with Crippen molar-refractivity contribution in [2.24, 2.45) is 0 Å². The van der Waals surface area contributed by atoms with E-state index in [0.29, 0.717) is 0 Å². The maximum atomic E-state index is 13.2. The van der Waals surface area contributed by atoms with Gasteiger partial charge in [-0.15, -0.1) is 0 Å². The molecule has 0 radical (unpaired) electrons. The van der Waals surface area contributed by atoms with Gasteiger partial charge in [0.2, 0.25) is 0 Å². The third-order valence-electron chi connectivity index (χ3n) is 4.94. The highest BCUT2D eigenvalue weighted by Crippen LogP contribution is 2.53. The van der Waals surface area contributed by atoms with Gasteiger partial charge in [-0.1, -0.05) is 66.7 Å². The van der Waals surface area contributed by atoms with Crippen molar-refractivity contribution in [3.8, 4) is 0 Å². The minimum absolute atomic E-state index is 0.154. The van der Waals surface area contributed by atoms with E-state index >= 15 is 0 Å². The van der Waals surface area contributed by atoms with Crippen LogP contribution in [-0.4, -0.2) is 27.3 Å². The van der Waals surface area contributed by atoms with Gasteiger partial charge in [0, 0.05) is 5.92 Å². The third-order valence-corrected chi connectivity index (χ3v) is 9.57. The van der Waals surface area contributed by atoms with Crippen LogP contribution in [-0.2, 0) is 19.7 Å². The Morgan fingerprint density at radius 1 is 0.481 bits per heavy atom. The molecule has 6 heteroatoms. The zero-order chi connectivity index (χ0) is 19.1. The molecule has 1 saturated carbocycles. The van der Waals surface area contributed by atoms with Gasteiger partial charge in [-0.05, 0) is 29.8 Å². The molecule has 0 bridgehead atoms. The van der Waals surface area contributed by atoms with E-state index < -0.39 is 36.1 Å². The standard InChI is InChI=1S/C21H18O4S2/c22-26(23,17-12-6-2-7-13-17)20-19(16-10-4-1-5-11-16)21(20)27(24,25)18-14-8-3-9-15-18/h1-15,19-21H. The predicted molar refractivity (Wildman–Crippen MR) is 104 cm³/mol. The maximum Gasteiger partial charge on any atom is 0.183 e. The smallest absolute Gasteiger partial charge is 0.183 e. The lowest BCUT2D eigenvalue weighted by molar-refractivity contribution is 0.587. The van der Waals surface area contributed by atoms with Crippen LogP contribution in [0.25, 0.3) is 0 Å². The Morgan fingerprint density at radius 3 is 1.19 bits per heavy atom. The Kier molecular flexibility index (Phi) is 4.40. The van der Waals surface area contributed by atoms with Gasteiger partial charge < -0.3 is 0 Å². The lowest BCUT2D eigenvalue weighted by Crippen LogP contribution is -2.17. The average Bonchev–Trinajstić information content (AvgIpc) is 3.48. The molecule has 1 aliphatic rings. The largest absolute Gasteiger partial charge is 0.223 e. The summed E-state index contributed by atoms with van der Waals surface area (Å²) in [4.78, 5) is 0.309. The van der Waals surface area contributed by atoms with E-state index in [0.717, 1.165) is 5.56 Å². The molecule has 2 atom stereocenters. The summed E-state index contributed by atoms with van der Waals surface area (Å²) < 4.78 is 52.8. The topological polar surface area (TPSA) is 68.3 Å². The van der Waals surface area contributed by atoms with Gasteiger partial charge in [-0.3, -0.25) is 0 Å². The fourth-order valence-corrected chi connectivity index (χ4v) is 8.55. The molecule has 27 heavy (non-hydrogen) atoms. The van der Waals surface area contributed by atoms with Gasteiger partial charge in [-0.2, -0.15) is 0 Å². The van der Waals surface area contributed by atoms with Gasteiger partial charge in [0.05, 0.1) is 20.3 Å². The molecule has 0 heterocycles. The summed E-state index contributed by atoms with van der Waals surface area (Å²) in [7, 11) is -7.57. The monoisotopic (exact) mass is 398 g/mol. The Morgan fingerprint density at radius 2 is 0.815 bits per heavy atom. The van der Waals surface area contributed by atoms with Crippen LogP contribution in [0.15, 0.2) is 101 Å². The number of sulfone groups is 2. The van der Waals surface area contributed by atoms with Crippen molar-refractivity contribution in [3.63, 3.8) is 0 Å². The van der Waals surface area contributed by atoms with Crippen LogP contribution < -0.4 is 0 Å². The van der Waals surface area contributed by atoms with E-state index in [4.69, 9.17) is 0 Å². The summed E-state index contributed by atoms with van der Waals surface area (Å²) in [6.45, 7) is 0. The first kappa shape index (κ1) is 17.9. The van der Waals surface area contributed by atoms with E-state index in [2.05, 4.69) is 0 Å². The second-order valence-corrected chi connectivity index (χ2v) is 10.8. The average molecular weight is 399 g/mol. The van der Waals surface area contributed by atoms with Crippen molar-refractivity contribution in [2.75, 3.05) is 0 Å². The number of hydrogen-bond donors (Lipinski definition) is 0. The summed E-state index contributed by atoms with van der Waals surface area (Å²) in [6.07, 6.45) is 0. The van der Waals surface area contributed by atoms with Gasteiger partial charge in [0.1, 0.15) is 0 Å². The third kappa shape index (κ3) is 3.09. The SMILES string of the molecule is O=S(=O)(c1ccccc1)C1C(c2ccccc2)C1S(=O)(=O)c1ccccc1. The molecule has 1 aliphatic carbocycles. The molecule has 0 amide bonds. The molecule has 0 N–H and O–H groups in total. The van der Waals surface area contributed by atoms with Crippen molar-refractivity contribution in [1.29, 1.82) is 0 Å². The fraction of sp³-hybridized carbons (Fsp3) is 0.143. The molecule has 0 spiro atoms. The number of hydrogen-bond acceptors (Lipinski definition) is 4. The molecule has 0 saturated heterocycles. The maximum absolute atomic E-state index is 13.2. The van der Waals surface area contributed by atoms with Crippen LogP contribution in [0.5, 0.6) is 0 Å². The molecular weight excluding hydrogens is 380 g/mol. The Balaban J connectivity index is 1.82. The first-order chi connectivity index (χ1) is 12.9. The first-order valence-corrected chi connectivity index (χ1v) is 11.7. The molecular formula is C21H18O4S2. The second-order valence-electron chi connectivity index (χ2n) is 6.58. The highest BCUT2D eigenvalue weighted by atomic mass is 32.2. The van der Waals surface area contributed by atoms with Gasteiger partial charge in [0.15, 0.2) is 19.7 Å². The van der Waals surface area contributed by atoms with Crippen molar-refractivity contribution >= 4 is 19.7 Å². The Hall–Kier alpha value is -2.44. The minimum atomic E-state index is -3.78. The molecule has 0 aromatic heterocycles. The molecule has 1 fully saturated rings. The lowest BCUT2D eigenvalue weighted by atomic mass is 10.1. The first-order valence-electron chi connectivity index (χ1n) is 8.57. The second kappa shape index (κ2) is 6.62. The van der Waals surface area contributed by atoms with Crippen molar-refractivity contribution in [3.05, 3.63) is 96.6 Å². The summed E-state index contributed by atoms with van der Waals surface area (Å²) in [6, 6.07) is 25.1. The zero-order valence-corrected chi connectivity index (χ0v) is 16.0. The molecule has 138 valence electrons. The van der Waals surface area contributed by atoms with Crippen LogP contribution in [0.3, 0.4) is 0 Å². The summed E-state index contributed by atoms with van der Waals surface area (Å²) >= 11 is 0. The predicted octanol–water partition coefficient (Wildman–Crippen LogP) is 3.47. The summed E-state index contributed by atoms with van der Waals surface area (Å²) in [5.74, 6) is -0.582. The van der Waals surface area contributed by atoms with E-state index in [1.165, 1.54) is 24.3 Å². The number of benzene rings is 3. The van der Waals surface area contributed by atoms with E-state index in [1.807, 2.05) is 6.07 Å². The highest BCUT2D eigenvalue weighted by molar-refractivity contribution is 7.97. The number of rotatable bonds is 5. The normalized spacial score (nSPS) is 22.3. The summed E-state index contributed by atoms with van der Waals surface area (Å²) in [5.41, 5.74) is 0.728. The van der Waals surface area contributed by atoms with Crippen molar-refractivity contribution in [2.45, 2.75) is 26.2 Å². The van der Waals surface area contributed by atoms with Crippen LogP contribution in [0.1, 0.15) is 11.5 Å². The molecule has 2 unspecified atom stereocenters. The zero-order valence-electron chi connectivity index (χ0n) is 14.3. The highest BCUT2D eigenvalue weighted by Gasteiger charge is 2.65. The van der Waals surface area contributed by atoms with E-state index in [-0.39, 0.29) is 9.79 Å². The van der Waals surface area contributed by atoms with Crippen LogP contribution >= 0.6 is 0 Å². The molecule has 4 nitrogen and oxygen atoms in total. The van der Waals surface area contributed by atoms with E-state index in [9.17, 15) is 16.8 Å². The fourth-order valence-electron chi connectivity index (χ4n) is 3.59. The van der Waals surface area contributed by atoms with Crippen LogP contribution in [0, 0.1) is 0 Å². The molecule has 0 aliphatic heterocycles. The minimum Gasteiger partial charge on any atom is -0.223 e. The molecule has 4 rings (SSSR count).